The molecular weight excluding hydrogens is 300 g/mol. The zero-order valence-electron chi connectivity index (χ0n) is 12.9. The highest BCUT2D eigenvalue weighted by Crippen LogP contribution is 2.21. The van der Waals surface area contributed by atoms with Crippen LogP contribution in [0, 0.1) is 29.6 Å². The van der Waals surface area contributed by atoms with Gasteiger partial charge in [0.15, 0.2) is 0 Å². The summed E-state index contributed by atoms with van der Waals surface area (Å²) in [6.07, 6.45) is 1.65. The van der Waals surface area contributed by atoms with E-state index in [4.69, 9.17) is 9.78 Å². The summed E-state index contributed by atoms with van der Waals surface area (Å²) in [5.41, 5.74) is 3.57. The summed E-state index contributed by atoms with van der Waals surface area (Å²) in [5, 5.41) is 22.1. The van der Waals surface area contributed by atoms with Crippen LogP contribution in [-0.2, 0) is 0 Å². The average Bonchev–Trinajstić information content (AvgIpc) is 3.10. The normalized spacial score (nSPS) is 10.9. The number of benzene rings is 2. The van der Waals surface area contributed by atoms with Crippen molar-refractivity contribution in [2.75, 3.05) is 0 Å². The predicted molar refractivity (Wildman–Crippen MR) is 89.1 cm³/mol. The molecule has 0 spiro atoms. The highest BCUT2D eigenvalue weighted by Gasteiger charge is 2.12. The maximum atomic E-state index is 9.36. The molecular formula is C19H12N4O. The van der Waals surface area contributed by atoms with Gasteiger partial charge in [-0.15, -0.1) is 0 Å². The van der Waals surface area contributed by atoms with Gasteiger partial charge in [0.1, 0.15) is 11.6 Å². The Bertz CT molecular complexity index is 968. The van der Waals surface area contributed by atoms with Gasteiger partial charge in [0.2, 0.25) is 5.82 Å². The minimum absolute atomic E-state index is 0.164. The third kappa shape index (κ3) is 3.21. The fourth-order valence-corrected chi connectivity index (χ4v) is 2.12. The summed E-state index contributed by atoms with van der Waals surface area (Å²) < 4.78 is 5.22. The first-order valence-electron chi connectivity index (χ1n) is 7.22. The SMILES string of the molecule is Cc1ccc(-c2noc(/C(C#N)=C\c3ccc(C#N)cc3)n2)cc1. The zero-order valence-corrected chi connectivity index (χ0v) is 12.9. The molecule has 0 aliphatic heterocycles. The minimum Gasteiger partial charge on any atom is -0.333 e. The van der Waals surface area contributed by atoms with Crippen LogP contribution >= 0.6 is 0 Å². The molecule has 0 aliphatic carbocycles. The minimum atomic E-state index is 0.164. The van der Waals surface area contributed by atoms with E-state index in [2.05, 4.69) is 22.3 Å². The van der Waals surface area contributed by atoms with Crippen LogP contribution in [0.4, 0.5) is 0 Å². The molecule has 0 fully saturated rings. The third-order valence-electron chi connectivity index (χ3n) is 3.44. The van der Waals surface area contributed by atoms with Gasteiger partial charge in [0, 0.05) is 5.56 Å². The Labute approximate surface area is 139 Å². The summed E-state index contributed by atoms with van der Waals surface area (Å²) in [5.74, 6) is 0.600. The van der Waals surface area contributed by atoms with Crippen LogP contribution in [0.15, 0.2) is 53.1 Å². The van der Waals surface area contributed by atoms with Crippen LogP contribution in [-0.4, -0.2) is 10.1 Å². The van der Waals surface area contributed by atoms with E-state index < -0.39 is 0 Å². The molecule has 2 aromatic carbocycles. The topological polar surface area (TPSA) is 86.5 Å². The number of nitrogens with zero attached hydrogens (tertiary/aromatic N) is 4. The van der Waals surface area contributed by atoms with Gasteiger partial charge in [0.05, 0.1) is 11.6 Å². The van der Waals surface area contributed by atoms with Gasteiger partial charge >= 0.3 is 0 Å². The summed E-state index contributed by atoms with van der Waals surface area (Å²) in [7, 11) is 0. The fraction of sp³-hybridized carbons (Fsp3) is 0.0526. The van der Waals surface area contributed by atoms with E-state index in [-0.39, 0.29) is 11.5 Å². The van der Waals surface area contributed by atoms with E-state index in [0.717, 1.165) is 16.7 Å². The molecule has 3 aromatic rings. The lowest BCUT2D eigenvalue weighted by atomic mass is 10.1. The van der Waals surface area contributed by atoms with E-state index in [9.17, 15) is 5.26 Å². The van der Waals surface area contributed by atoms with Crippen molar-refractivity contribution in [1.82, 2.24) is 10.1 Å². The van der Waals surface area contributed by atoms with Crippen molar-refractivity contribution in [3.63, 3.8) is 0 Å². The fourth-order valence-electron chi connectivity index (χ4n) is 2.12. The highest BCUT2D eigenvalue weighted by molar-refractivity contribution is 5.86. The molecule has 0 aliphatic rings. The summed E-state index contributed by atoms with van der Waals surface area (Å²) in [6.45, 7) is 2.00. The van der Waals surface area contributed by atoms with E-state index in [1.165, 1.54) is 0 Å². The molecule has 5 nitrogen and oxygen atoms in total. The van der Waals surface area contributed by atoms with E-state index in [1.54, 1.807) is 30.3 Å². The molecule has 0 bridgehead atoms. The van der Waals surface area contributed by atoms with Crippen molar-refractivity contribution in [2.24, 2.45) is 0 Å². The lowest BCUT2D eigenvalue weighted by molar-refractivity contribution is 0.409. The third-order valence-corrected chi connectivity index (χ3v) is 3.44. The second kappa shape index (κ2) is 6.60. The van der Waals surface area contributed by atoms with Crippen molar-refractivity contribution >= 4 is 11.6 Å². The molecule has 5 heteroatoms. The van der Waals surface area contributed by atoms with Gasteiger partial charge in [-0.25, -0.2) is 0 Å². The van der Waals surface area contributed by atoms with Crippen molar-refractivity contribution in [3.8, 4) is 23.5 Å². The lowest BCUT2D eigenvalue weighted by Crippen LogP contribution is -1.84. The Balaban J connectivity index is 1.91. The highest BCUT2D eigenvalue weighted by atomic mass is 16.5. The van der Waals surface area contributed by atoms with Gasteiger partial charge < -0.3 is 4.52 Å². The van der Waals surface area contributed by atoms with Gasteiger partial charge in [0.25, 0.3) is 5.89 Å². The first-order chi connectivity index (χ1) is 11.7. The molecule has 114 valence electrons. The molecule has 0 unspecified atom stereocenters. The molecule has 24 heavy (non-hydrogen) atoms. The number of aromatic nitrogens is 2. The van der Waals surface area contributed by atoms with Crippen molar-refractivity contribution < 1.29 is 4.52 Å². The van der Waals surface area contributed by atoms with Gasteiger partial charge in [-0.2, -0.15) is 15.5 Å². The zero-order chi connectivity index (χ0) is 16.9. The predicted octanol–water partition coefficient (Wildman–Crippen LogP) is 3.98. The summed E-state index contributed by atoms with van der Waals surface area (Å²) >= 11 is 0. The second-order valence-electron chi connectivity index (χ2n) is 5.19. The van der Waals surface area contributed by atoms with Crippen LogP contribution in [0.3, 0.4) is 0 Å². The van der Waals surface area contributed by atoms with Crippen LogP contribution in [0.2, 0.25) is 0 Å². The molecule has 1 aromatic heterocycles. The number of aryl methyl sites for hydroxylation is 1. The largest absolute Gasteiger partial charge is 0.333 e. The van der Waals surface area contributed by atoms with Crippen LogP contribution in [0.25, 0.3) is 23.0 Å². The number of allylic oxidation sites excluding steroid dienone is 1. The molecule has 0 amide bonds. The van der Waals surface area contributed by atoms with Crippen LogP contribution in [0.1, 0.15) is 22.6 Å². The molecule has 0 saturated carbocycles. The van der Waals surface area contributed by atoms with Gasteiger partial charge in [-0.3, -0.25) is 0 Å². The van der Waals surface area contributed by atoms with E-state index in [1.807, 2.05) is 31.2 Å². The molecule has 0 N–H and O–H groups in total. The maximum absolute atomic E-state index is 9.36. The number of rotatable bonds is 3. The quantitative estimate of drug-likeness (QED) is 0.683. The number of hydrogen-bond donors (Lipinski definition) is 0. The number of hydrogen-bond acceptors (Lipinski definition) is 5. The van der Waals surface area contributed by atoms with Gasteiger partial charge in [-0.05, 0) is 30.7 Å². The standard InChI is InChI=1S/C19H12N4O/c1-13-2-8-16(9-3-13)18-22-19(24-23-18)17(12-21)10-14-4-6-15(11-20)7-5-14/h2-10H,1H3/b17-10-. The maximum Gasteiger partial charge on any atom is 0.268 e. The Morgan fingerprint density at radius 3 is 2.38 bits per heavy atom. The molecule has 1 heterocycles. The molecule has 3 rings (SSSR count). The monoisotopic (exact) mass is 312 g/mol. The van der Waals surface area contributed by atoms with Crippen molar-refractivity contribution in [1.29, 1.82) is 10.5 Å². The van der Waals surface area contributed by atoms with E-state index in [0.29, 0.717) is 11.4 Å². The summed E-state index contributed by atoms with van der Waals surface area (Å²) in [4.78, 5) is 4.29. The van der Waals surface area contributed by atoms with Crippen LogP contribution in [0.5, 0.6) is 0 Å². The number of nitriles is 2. The smallest absolute Gasteiger partial charge is 0.268 e. The second-order valence-corrected chi connectivity index (χ2v) is 5.19. The molecule has 0 radical (unpaired) electrons. The summed E-state index contributed by atoms with van der Waals surface area (Å²) in [6, 6.07) is 18.7. The lowest BCUT2D eigenvalue weighted by Gasteiger charge is -1.95. The van der Waals surface area contributed by atoms with E-state index >= 15 is 0 Å². The Morgan fingerprint density at radius 1 is 1.04 bits per heavy atom. The first kappa shape index (κ1) is 15.2. The Morgan fingerprint density at radius 2 is 1.75 bits per heavy atom. The van der Waals surface area contributed by atoms with Crippen LogP contribution < -0.4 is 0 Å². The van der Waals surface area contributed by atoms with Gasteiger partial charge in [-0.1, -0.05) is 47.1 Å². The Kier molecular flexibility index (Phi) is 4.18. The first-order valence-corrected chi connectivity index (χ1v) is 7.22. The average molecular weight is 312 g/mol. The Hall–Kier alpha value is -3.70. The molecule has 0 saturated heterocycles. The van der Waals surface area contributed by atoms with Crippen molar-refractivity contribution in [3.05, 3.63) is 71.1 Å². The van der Waals surface area contributed by atoms with Crippen molar-refractivity contribution in [2.45, 2.75) is 6.92 Å². The molecule has 0 atom stereocenters.